The van der Waals surface area contributed by atoms with Crippen LogP contribution >= 0.6 is 15.9 Å². The van der Waals surface area contributed by atoms with Crippen molar-refractivity contribution in [3.8, 4) is 0 Å². The van der Waals surface area contributed by atoms with E-state index < -0.39 is 0 Å². The van der Waals surface area contributed by atoms with E-state index in [2.05, 4.69) is 22.9 Å². The normalized spacial score (nSPS) is 24.6. The monoisotopic (exact) mass is 342 g/mol. The lowest BCUT2D eigenvalue weighted by atomic mass is 9.77. The molecule has 1 aromatic carbocycles. The van der Waals surface area contributed by atoms with Crippen LogP contribution in [0.2, 0.25) is 0 Å². The second kappa shape index (κ2) is 7.56. The topological polar surface area (TPSA) is 20.2 Å². The summed E-state index contributed by atoms with van der Waals surface area (Å²) >= 11 is 3.38. The molecule has 2 rings (SSSR count). The predicted molar refractivity (Wildman–Crippen MR) is 84.2 cm³/mol. The average Bonchev–Trinajstić information content (AvgIpc) is 2.43. The summed E-state index contributed by atoms with van der Waals surface area (Å²) < 4.78 is 13.8. The Kier molecular flexibility index (Phi) is 6.03. The van der Waals surface area contributed by atoms with Crippen molar-refractivity contribution in [2.45, 2.75) is 58.0 Å². The highest BCUT2D eigenvalue weighted by Crippen LogP contribution is 2.34. The molecule has 1 aliphatic rings. The van der Waals surface area contributed by atoms with Gasteiger partial charge < -0.3 is 5.11 Å². The molecule has 1 aliphatic carbocycles. The van der Waals surface area contributed by atoms with Crippen molar-refractivity contribution in [2.24, 2.45) is 11.8 Å². The fraction of sp³-hybridized carbons (Fsp3) is 0.647. The van der Waals surface area contributed by atoms with Crippen LogP contribution in [0.25, 0.3) is 0 Å². The maximum Gasteiger partial charge on any atom is 0.124 e. The van der Waals surface area contributed by atoms with Crippen LogP contribution in [0.15, 0.2) is 22.7 Å². The van der Waals surface area contributed by atoms with Crippen LogP contribution in [-0.2, 0) is 6.42 Å². The maximum absolute atomic E-state index is 13.1. The van der Waals surface area contributed by atoms with Gasteiger partial charge in [0.15, 0.2) is 0 Å². The molecule has 0 aromatic heterocycles. The number of benzene rings is 1. The predicted octanol–water partition coefficient (Wildman–Crippen LogP) is 5.10. The van der Waals surface area contributed by atoms with Crippen molar-refractivity contribution < 1.29 is 9.50 Å². The molecule has 1 fully saturated rings. The summed E-state index contributed by atoms with van der Waals surface area (Å²) in [4.78, 5) is 0. The highest BCUT2D eigenvalue weighted by atomic mass is 79.9. The van der Waals surface area contributed by atoms with Gasteiger partial charge in [0.2, 0.25) is 0 Å². The summed E-state index contributed by atoms with van der Waals surface area (Å²) in [5.74, 6) is 1.02. The van der Waals surface area contributed by atoms with Crippen LogP contribution in [0.4, 0.5) is 4.39 Å². The van der Waals surface area contributed by atoms with E-state index in [1.54, 1.807) is 6.07 Å². The third kappa shape index (κ3) is 4.29. The highest BCUT2D eigenvalue weighted by Gasteiger charge is 2.26. The first-order valence-electron chi connectivity index (χ1n) is 7.72. The van der Waals surface area contributed by atoms with Crippen LogP contribution in [0.1, 0.15) is 51.0 Å². The average molecular weight is 343 g/mol. The third-order valence-electron chi connectivity index (χ3n) is 4.58. The molecular weight excluding hydrogens is 319 g/mol. The van der Waals surface area contributed by atoms with Crippen molar-refractivity contribution in [3.05, 3.63) is 34.1 Å². The van der Waals surface area contributed by atoms with Crippen LogP contribution < -0.4 is 0 Å². The zero-order valence-electron chi connectivity index (χ0n) is 12.1. The van der Waals surface area contributed by atoms with Gasteiger partial charge in [0.05, 0.1) is 6.10 Å². The first-order valence-corrected chi connectivity index (χ1v) is 8.51. The van der Waals surface area contributed by atoms with E-state index in [4.69, 9.17) is 0 Å². The smallest absolute Gasteiger partial charge is 0.124 e. The second-order valence-electron chi connectivity index (χ2n) is 6.08. The fourth-order valence-electron chi connectivity index (χ4n) is 3.35. The Morgan fingerprint density at radius 3 is 2.60 bits per heavy atom. The molecule has 0 saturated heterocycles. The molecule has 1 unspecified atom stereocenters. The van der Waals surface area contributed by atoms with E-state index in [1.807, 2.05) is 0 Å². The van der Waals surface area contributed by atoms with Crippen LogP contribution in [0.3, 0.4) is 0 Å². The third-order valence-corrected chi connectivity index (χ3v) is 5.31. The molecule has 1 saturated carbocycles. The first kappa shape index (κ1) is 16.0. The lowest BCUT2D eigenvalue weighted by Gasteiger charge is -2.31. The molecule has 1 atom stereocenters. The van der Waals surface area contributed by atoms with Crippen LogP contribution in [-0.4, -0.2) is 11.2 Å². The summed E-state index contributed by atoms with van der Waals surface area (Å²) in [6.07, 6.45) is 7.66. The Morgan fingerprint density at radius 1 is 1.30 bits per heavy atom. The molecule has 0 radical (unpaired) electrons. The summed E-state index contributed by atoms with van der Waals surface area (Å²) in [6.45, 7) is 2.24. The molecular formula is C17H24BrFO. The number of hydrogen-bond donors (Lipinski definition) is 1. The lowest BCUT2D eigenvalue weighted by Crippen LogP contribution is -2.27. The van der Waals surface area contributed by atoms with Crippen molar-refractivity contribution in [1.82, 2.24) is 0 Å². The Labute approximate surface area is 129 Å². The van der Waals surface area contributed by atoms with Crippen molar-refractivity contribution in [3.63, 3.8) is 0 Å². The molecule has 0 bridgehead atoms. The number of halogens is 2. The van der Waals surface area contributed by atoms with E-state index in [1.165, 1.54) is 37.8 Å². The standard InChI is InChI=1S/C17H24BrFO/c1-2-3-12-4-6-13(7-5-12)17(20)10-14-8-9-15(19)11-16(14)18/h8-9,11-13,17,20H,2-7,10H2,1H3. The van der Waals surface area contributed by atoms with Gasteiger partial charge in [-0.3, -0.25) is 0 Å². The number of rotatable bonds is 5. The highest BCUT2D eigenvalue weighted by molar-refractivity contribution is 9.10. The lowest BCUT2D eigenvalue weighted by molar-refractivity contribution is 0.0727. The maximum atomic E-state index is 13.1. The van der Waals surface area contributed by atoms with Gasteiger partial charge >= 0.3 is 0 Å². The minimum atomic E-state index is -0.306. The SMILES string of the molecule is CCCC1CCC(C(O)Cc2ccc(F)cc2Br)CC1. The van der Waals surface area contributed by atoms with E-state index in [-0.39, 0.29) is 11.9 Å². The van der Waals surface area contributed by atoms with Crippen molar-refractivity contribution in [2.75, 3.05) is 0 Å². The fourth-order valence-corrected chi connectivity index (χ4v) is 3.86. The molecule has 1 nitrogen and oxygen atoms in total. The molecule has 0 heterocycles. The number of aliphatic hydroxyl groups excluding tert-OH is 1. The summed E-state index contributed by atoms with van der Waals surface area (Å²) in [5.41, 5.74) is 0.995. The minimum absolute atomic E-state index is 0.241. The van der Waals surface area contributed by atoms with Crippen LogP contribution in [0.5, 0.6) is 0 Å². The zero-order chi connectivity index (χ0) is 14.5. The molecule has 0 spiro atoms. The van der Waals surface area contributed by atoms with Crippen molar-refractivity contribution >= 4 is 15.9 Å². The van der Waals surface area contributed by atoms with Gasteiger partial charge in [0.25, 0.3) is 0 Å². The Balaban J connectivity index is 1.87. The van der Waals surface area contributed by atoms with Crippen LogP contribution in [0, 0.1) is 17.7 Å². The van der Waals surface area contributed by atoms with E-state index in [0.717, 1.165) is 28.8 Å². The van der Waals surface area contributed by atoms with E-state index in [9.17, 15) is 9.50 Å². The number of hydrogen-bond acceptors (Lipinski definition) is 1. The molecule has 0 amide bonds. The van der Waals surface area contributed by atoms with E-state index >= 15 is 0 Å². The van der Waals surface area contributed by atoms with Crippen molar-refractivity contribution in [1.29, 1.82) is 0 Å². The van der Waals surface area contributed by atoms with Gasteiger partial charge in [-0.05, 0) is 48.8 Å². The quantitative estimate of drug-likeness (QED) is 0.789. The number of aliphatic hydroxyl groups is 1. The summed E-state index contributed by atoms with van der Waals surface area (Å²) in [7, 11) is 0. The first-order chi connectivity index (χ1) is 9.60. The Morgan fingerprint density at radius 2 is 2.00 bits per heavy atom. The van der Waals surface area contributed by atoms with Gasteiger partial charge in [-0.15, -0.1) is 0 Å². The van der Waals surface area contributed by atoms with E-state index in [0.29, 0.717) is 12.3 Å². The van der Waals surface area contributed by atoms with Gasteiger partial charge in [-0.2, -0.15) is 0 Å². The van der Waals surface area contributed by atoms with Gasteiger partial charge in [-0.1, -0.05) is 54.6 Å². The Hall–Kier alpha value is -0.410. The zero-order valence-corrected chi connectivity index (χ0v) is 13.7. The Bertz CT molecular complexity index is 427. The van der Waals surface area contributed by atoms with Gasteiger partial charge in [0, 0.05) is 4.47 Å². The van der Waals surface area contributed by atoms with Gasteiger partial charge in [0.1, 0.15) is 5.82 Å². The minimum Gasteiger partial charge on any atom is -0.392 e. The molecule has 3 heteroatoms. The molecule has 0 aliphatic heterocycles. The summed E-state index contributed by atoms with van der Waals surface area (Å²) in [6, 6.07) is 4.70. The van der Waals surface area contributed by atoms with Gasteiger partial charge in [-0.25, -0.2) is 4.39 Å². The largest absolute Gasteiger partial charge is 0.392 e. The molecule has 1 N–H and O–H groups in total. The summed E-state index contributed by atoms with van der Waals surface area (Å²) in [5, 5.41) is 10.4. The second-order valence-corrected chi connectivity index (χ2v) is 6.93. The molecule has 112 valence electrons. The molecule has 20 heavy (non-hydrogen) atoms. The molecule has 1 aromatic rings.